The second-order valence-corrected chi connectivity index (χ2v) is 12.7. The first-order valence-electron chi connectivity index (χ1n) is 13.8. The Balaban J connectivity index is 1.98. The Kier molecular flexibility index (Phi) is 9.90. The summed E-state index contributed by atoms with van der Waals surface area (Å²) in [5.74, 6) is 0.497. The van der Waals surface area contributed by atoms with Crippen LogP contribution in [0.25, 0.3) is 16.7 Å². The van der Waals surface area contributed by atoms with Gasteiger partial charge in [0.25, 0.3) is 0 Å². The Labute approximate surface area is 252 Å². The summed E-state index contributed by atoms with van der Waals surface area (Å²) < 4.78 is 18.4. The molecule has 234 valence electrons. The van der Waals surface area contributed by atoms with E-state index >= 15 is 0 Å². The molecule has 1 aromatic carbocycles. The Bertz CT molecular complexity index is 1420. The van der Waals surface area contributed by atoms with Gasteiger partial charge in [-0.25, -0.2) is 29.2 Å². The molecule has 0 bridgehead atoms. The number of benzene rings is 1. The van der Waals surface area contributed by atoms with Crippen LogP contribution in [0.1, 0.15) is 62.3 Å². The van der Waals surface area contributed by atoms with Crippen LogP contribution in [0.5, 0.6) is 0 Å². The summed E-state index contributed by atoms with van der Waals surface area (Å²) in [5.41, 5.74) is 1.86. The van der Waals surface area contributed by atoms with Crippen LogP contribution >= 0.6 is 0 Å². The molecule has 0 atom stereocenters. The van der Waals surface area contributed by atoms with Crippen LogP contribution < -0.4 is 10.4 Å². The Morgan fingerprint density at radius 1 is 0.814 bits per heavy atom. The summed E-state index contributed by atoms with van der Waals surface area (Å²) in [6, 6.07) is 9.31. The Morgan fingerprint density at radius 3 is 1.95 bits per heavy atom. The fourth-order valence-electron chi connectivity index (χ4n) is 3.81. The standard InChI is InChI=1S/C30H42N6O7/c1-28(2,3)41-25(37)35(17-18-36(26(38)42-29(4,5)6)27(39)43-30(7,8)9)24-31-15-13-23(32-24)34-16-14-20-19-21(33-40-10)11-12-22(20)34/h11-16,19,33H,17-18H2,1-10H3. The number of anilines is 2. The first-order valence-corrected chi connectivity index (χ1v) is 13.8. The number of imide groups is 1. The SMILES string of the molecule is CONc1ccc2c(ccn2-c2ccnc(N(CCN(C(=O)OC(C)(C)C)C(=O)OC(C)(C)C)C(=O)OC(C)(C)C)n2)c1. The minimum absolute atomic E-state index is 0.0135. The number of amides is 3. The maximum atomic E-state index is 13.4. The van der Waals surface area contributed by atoms with Crippen LogP contribution in [-0.2, 0) is 19.0 Å². The molecule has 0 aliphatic heterocycles. The van der Waals surface area contributed by atoms with E-state index in [1.54, 1.807) is 68.4 Å². The molecule has 43 heavy (non-hydrogen) atoms. The lowest BCUT2D eigenvalue weighted by atomic mass is 10.2. The fourth-order valence-corrected chi connectivity index (χ4v) is 3.81. The van der Waals surface area contributed by atoms with Crippen LogP contribution in [-0.4, -0.2) is 74.7 Å². The van der Waals surface area contributed by atoms with E-state index in [1.807, 2.05) is 35.0 Å². The molecule has 0 aliphatic carbocycles. The molecule has 3 amide bonds. The summed E-state index contributed by atoms with van der Waals surface area (Å²) in [6.07, 6.45) is 0.771. The van der Waals surface area contributed by atoms with Gasteiger partial charge in [-0.1, -0.05) is 0 Å². The number of rotatable bonds is 7. The van der Waals surface area contributed by atoms with Gasteiger partial charge >= 0.3 is 18.3 Å². The lowest BCUT2D eigenvalue weighted by Crippen LogP contribution is -2.48. The highest BCUT2D eigenvalue weighted by atomic mass is 16.6. The van der Waals surface area contributed by atoms with Crippen LogP contribution in [0.2, 0.25) is 0 Å². The minimum atomic E-state index is -0.915. The number of ether oxygens (including phenoxy) is 3. The molecule has 0 saturated carbocycles. The van der Waals surface area contributed by atoms with Crippen molar-refractivity contribution in [3.05, 3.63) is 42.7 Å². The maximum absolute atomic E-state index is 13.4. The van der Waals surface area contributed by atoms with E-state index in [9.17, 15) is 14.4 Å². The van der Waals surface area contributed by atoms with E-state index in [0.717, 1.165) is 21.5 Å². The molecule has 13 heteroatoms. The number of nitrogens with one attached hydrogen (secondary N) is 1. The van der Waals surface area contributed by atoms with E-state index in [-0.39, 0.29) is 19.0 Å². The summed E-state index contributed by atoms with van der Waals surface area (Å²) in [7, 11) is 1.54. The molecule has 3 aromatic rings. The monoisotopic (exact) mass is 598 g/mol. The third-order valence-corrected chi connectivity index (χ3v) is 5.42. The summed E-state index contributed by atoms with van der Waals surface area (Å²) in [5, 5.41) is 0.927. The second-order valence-electron chi connectivity index (χ2n) is 12.7. The zero-order chi connectivity index (χ0) is 32.2. The van der Waals surface area contributed by atoms with Gasteiger partial charge in [0, 0.05) is 17.8 Å². The van der Waals surface area contributed by atoms with Crippen molar-refractivity contribution in [2.75, 3.05) is 30.6 Å². The predicted octanol–water partition coefficient (Wildman–Crippen LogP) is 6.31. The van der Waals surface area contributed by atoms with Gasteiger partial charge in [-0.15, -0.1) is 0 Å². The van der Waals surface area contributed by atoms with Crippen molar-refractivity contribution in [1.82, 2.24) is 19.4 Å². The predicted molar refractivity (Wildman–Crippen MR) is 162 cm³/mol. The third kappa shape index (κ3) is 9.57. The van der Waals surface area contributed by atoms with Gasteiger partial charge in [0.2, 0.25) is 5.95 Å². The van der Waals surface area contributed by atoms with E-state index in [0.29, 0.717) is 5.82 Å². The highest BCUT2D eigenvalue weighted by molar-refractivity contribution is 5.89. The van der Waals surface area contributed by atoms with Crippen LogP contribution in [0.4, 0.5) is 26.0 Å². The molecule has 2 aromatic heterocycles. The fraction of sp³-hybridized carbons (Fsp3) is 0.500. The largest absolute Gasteiger partial charge is 0.443 e. The summed E-state index contributed by atoms with van der Waals surface area (Å²) >= 11 is 0. The zero-order valence-electron chi connectivity index (χ0n) is 26.5. The molecule has 2 heterocycles. The number of hydrogen-bond acceptors (Lipinski definition) is 10. The molecule has 1 N–H and O–H groups in total. The smallest absolute Gasteiger partial charge is 0.419 e. The van der Waals surface area contributed by atoms with Crippen molar-refractivity contribution in [2.24, 2.45) is 0 Å². The Hall–Kier alpha value is -4.39. The van der Waals surface area contributed by atoms with Gasteiger partial charge in [-0.2, -0.15) is 4.98 Å². The average Bonchev–Trinajstić information content (AvgIpc) is 3.27. The zero-order valence-corrected chi connectivity index (χ0v) is 26.5. The Morgan fingerprint density at radius 2 is 1.40 bits per heavy atom. The molecular weight excluding hydrogens is 556 g/mol. The quantitative estimate of drug-likeness (QED) is 0.243. The van der Waals surface area contributed by atoms with Crippen molar-refractivity contribution in [2.45, 2.75) is 79.1 Å². The van der Waals surface area contributed by atoms with Crippen molar-refractivity contribution < 1.29 is 33.4 Å². The van der Waals surface area contributed by atoms with Gasteiger partial charge in [0.05, 0.1) is 31.4 Å². The molecule has 0 aliphatic rings. The number of nitrogens with zero attached hydrogens (tertiary/aromatic N) is 5. The van der Waals surface area contributed by atoms with E-state index in [1.165, 1.54) is 18.2 Å². The molecule has 0 radical (unpaired) electrons. The second kappa shape index (κ2) is 12.9. The van der Waals surface area contributed by atoms with Gasteiger partial charge in [0.1, 0.15) is 22.6 Å². The van der Waals surface area contributed by atoms with E-state index in [4.69, 9.17) is 19.0 Å². The van der Waals surface area contributed by atoms with Crippen LogP contribution in [0, 0.1) is 0 Å². The molecule has 0 spiro atoms. The van der Waals surface area contributed by atoms with Crippen LogP contribution in [0.3, 0.4) is 0 Å². The first kappa shape index (κ1) is 33.1. The van der Waals surface area contributed by atoms with E-state index in [2.05, 4.69) is 15.4 Å². The molecule has 0 fully saturated rings. The molecule has 0 unspecified atom stereocenters. The highest BCUT2D eigenvalue weighted by Gasteiger charge is 2.33. The summed E-state index contributed by atoms with van der Waals surface area (Å²) in [4.78, 5) is 55.5. The number of carbonyl (C=O) groups excluding carboxylic acids is 3. The topological polar surface area (TPSA) is 137 Å². The lowest BCUT2D eigenvalue weighted by Gasteiger charge is -2.30. The van der Waals surface area contributed by atoms with E-state index < -0.39 is 35.1 Å². The molecule has 13 nitrogen and oxygen atoms in total. The first-order chi connectivity index (χ1) is 19.9. The van der Waals surface area contributed by atoms with Gasteiger partial charge < -0.3 is 18.8 Å². The number of carbonyl (C=O) groups is 3. The van der Waals surface area contributed by atoms with Crippen LogP contribution in [0.15, 0.2) is 42.7 Å². The van der Waals surface area contributed by atoms with Crippen molar-refractivity contribution >= 4 is 40.8 Å². The minimum Gasteiger partial charge on any atom is -0.443 e. The maximum Gasteiger partial charge on any atom is 0.419 e. The van der Waals surface area contributed by atoms with Crippen molar-refractivity contribution in [3.63, 3.8) is 0 Å². The molecule has 0 saturated heterocycles. The third-order valence-electron chi connectivity index (χ3n) is 5.42. The molecule has 3 rings (SSSR count). The number of hydrogen-bond donors (Lipinski definition) is 1. The normalized spacial score (nSPS) is 12.0. The van der Waals surface area contributed by atoms with Gasteiger partial charge in [-0.05, 0) is 92.6 Å². The lowest BCUT2D eigenvalue weighted by molar-refractivity contribution is 0.00152. The summed E-state index contributed by atoms with van der Waals surface area (Å²) in [6.45, 7) is 14.8. The van der Waals surface area contributed by atoms with Gasteiger partial charge in [0.15, 0.2) is 0 Å². The van der Waals surface area contributed by atoms with Crippen molar-refractivity contribution in [1.29, 1.82) is 0 Å². The van der Waals surface area contributed by atoms with Gasteiger partial charge in [-0.3, -0.25) is 10.3 Å². The van der Waals surface area contributed by atoms with Crippen molar-refractivity contribution in [3.8, 4) is 5.82 Å². The molecular formula is C30H42N6O7. The number of fused-ring (bicyclic) bond motifs is 1. The average molecular weight is 599 g/mol. The number of aromatic nitrogens is 3. The highest BCUT2D eigenvalue weighted by Crippen LogP contribution is 2.24.